The molecular formula is C20H28O4. The monoisotopic (exact) mass is 332 g/mol. The number of hydrogen-bond donors (Lipinski definition) is 0. The van der Waals surface area contributed by atoms with E-state index < -0.39 is 12.1 Å². The Morgan fingerprint density at radius 2 is 1.96 bits per heavy atom. The molecule has 3 rings (SSSR count). The van der Waals surface area contributed by atoms with Gasteiger partial charge in [-0.3, -0.25) is 0 Å². The predicted octanol–water partition coefficient (Wildman–Crippen LogP) is 3.91. The van der Waals surface area contributed by atoms with Gasteiger partial charge in [0.15, 0.2) is 12.1 Å². The first-order valence-electron chi connectivity index (χ1n) is 8.74. The van der Waals surface area contributed by atoms with Gasteiger partial charge >= 0.3 is 0 Å². The molecule has 4 nitrogen and oxygen atoms in total. The van der Waals surface area contributed by atoms with E-state index in [-0.39, 0.29) is 18.1 Å². The molecule has 0 aromatic heterocycles. The summed E-state index contributed by atoms with van der Waals surface area (Å²) in [6, 6.07) is 10.1. The third-order valence-corrected chi connectivity index (χ3v) is 4.83. The predicted molar refractivity (Wildman–Crippen MR) is 92.3 cm³/mol. The summed E-state index contributed by atoms with van der Waals surface area (Å²) in [5.41, 5.74) is 1.12. The zero-order chi connectivity index (χ0) is 17.2. The van der Waals surface area contributed by atoms with Crippen molar-refractivity contribution in [3.63, 3.8) is 0 Å². The second-order valence-corrected chi connectivity index (χ2v) is 7.23. The standard InChI is InChI=1S/C20H28O4/c1-5-9-14(2)16-13-22-19(18-17(16)23-20(3,4)24-18)21-12-15-10-7-6-8-11-15/h5-8,10-11,14,16-19H,1,9,12-13H2,2-4H3/t14?,16-,17?,18+,19-/m0/s1. The molecule has 132 valence electrons. The van der Waals surface area contributed by atoms with Crippen LogP contribution in [0.4, 0.5) is 0 Å². The maximum atomic E-state index is 6.20. The van der Waals surface area contributed by atoms with Gasteiger partial charge in [0.2, 0.25) is 0 Å². The summed E-state index contributed by atoms with van der Waals surface area (Å²) in [7, 11) is 0. The Bertz CT molecular complexity index is 542. The molecule has 1 aromatic carbocycles. The minimum absolute atomic E-state index is 0.00975. The van der Waals surface area contributed by atoms with E-state index >= 15 is 0 Å². The Hall–Kier alpha value is -1.20. The van der Waals surface area contributed by atoms with Crippen molar-refractivity contribution in [3.8, 4) is 0 Å². The van der Waals surface area contributed by atoms with E-state index in [2.05, 4.69) is 13.5 Å². The van der Waals surface area contributed by atoms with Crippen LogP contribution in [-0.4, -0.2) is 30.9 Å². The van der Waals surface area contributed by atoms with Crippen molar-refractivity contribution in [2.45, 2.75) is 58.1 Å². The third-order valence-electron chi connectivity index (χ3n) is 4.83. The van der Waals surface area contributed by atoms with Crippen LogP contribution in [0, 0.1) is 11.8 Å². The number of fused-ring (bicyclic) bond motifs is 1. The summed E-state index contributed by atoms with van der Waals surface area (Å²) >= 11 is 0. The zero-order valence-corrected chi connectivity index (χ0v) is 14.8. The minimum atomic E-state index is -0.608. The van der Waals surface area contributed by atoms with Gasteiger partial charge in [-0.05, 0) is 31.7 Å². The van der Waals surface area contributed by atoms with Crippen LogP contribution in [-0.2, 0) is 25.6 Å². The second-order valence-electron chi connectivity index (χ2n) is 7.23. The van der Waals surface area contributed by atoms with Crippen molar-refractivity contribution in [1.82, 2.24) is 0 Å². The average Bonchev–Trinajstić information content (AvgIpc) is 2.88. The van der Waals surface area contributed by atoms with Gasteiger partial charge in [0.05, 0.1) is 19.3 Å². The minimum Gasteiger partial charge on any atom is -0.349 e. The number of benzene rings is 1. The van der Waals surface area contributed by atoms with Gasteiger partial charge in [0, 0.05) is 5.92 Å². The Balaban J connectivity index is 1.68. The summed E-state index contributed by atoms with van der Waals surface area (Å²) in [5, 5.41) is 0. The first kappa shape index (κ1) is 17.6. The molecule has 0 bridgehead atoms. The summed E-state index contributed by atoms with van der Waals surface area (Å²) < 4.78 is 24.4. The summed E-state index contributed by atoms with van der Waals surface area (Å²) in [5.74, 6) is 0.109. The molecule has 5 atom stereocenters. The molecule has 24 heavy (non-hydrogen) atoms. The van der Waals surface area contributed by atoms with Crippen LogP contribution in [0.25, 0.3) is 0 Å². The summed E-state index contributed by atoms with van der Waals surface area (Å²) in [4.78, 5) is 0. The van der Waals surface area contributed by atoms with Gasteiger partial charge in [0.1, 0.15) is 6.10 Å². The summed E-state index contributed by atoms with van der Waals surface area (Å²) in [6.07, 6.45) is 2.29. The number of hydrogen-bond acceptors (Lipinski definition) is 4. The normalized spacial score (nSPS) is 33.0. The Morgan fingerprint density at radius 1 is 1.25 bits per heavy atom. The molecule has 2 saturated heterocycles. The molecule has 0 spiro atoms. The Labute approximate surface area is 144 Å². The third kappa shape index (κ3) is 3.89. The van der Waals surface area contributed by atoms with Crippen molar-refractivity contribution < 1.29 is 18.9 Å². The zero-order valence-electron chi connectivity index (χ0n) is 14.8. The van der Waals surface area contributed by atoms with Crippen molar-refractivity contribution in [2.75, 3.05) is 6.61 Å². The SMILES string of the molecule is C=CCC(C)[C@@H]1CO[C@H](OCc2ccccc2)[C@@H]2OC(C)(C)OC12. The second kappa shape index (κ2) is 7.36. The number of ether oxygens (including phenoxy) is 4. The van der Waals surface area contributed by atoms with Crippen LogP contribution < -0.4 is 0 Å². The van der Waals surface area contributed by atoms with Crippen LogP contribution in [0.3, 0.4) is 0 Å². The molecule has 2 aliphatic heterocycles. The van der Waals surface area contributed by atoms with Crippen LogP contribution >= 0.6 is 0 Å². The van der Waals surface area contributed by atoms with E-state index in [0.717, 1.165) is 12.0 Å². The van der Waals surface area contributed by atoms with E-state index in [1.807, 2.05) is 50.3 Å². The highest BCUT2D eigenvalue weighted by Crippen LogP contribution is 2.41. The van der Waals surface area contributed by atoms with Crippen molar-refractivity contribution in [1.29, 1.82) is 0 Å². The first-order valence-corrected chi connectivity index (χ1v) is 8.74. The average molecular weight is 332 g/mol. The maximum Gasteiger partial charge on any atom is 0.186 e. The van der Waals surface area contributed by atoms with E-state index in [1.54, 1.807) is 0 Å². The molecule has 1 aromatic rings. The van der Waals surface area contributed by atoms with E-state index in [0.29, 0.717) is 19.1 Å². The molecule has 0 aliphatic carbocycles. The van der Waals surface area contributed by atoms with Gasteiger partial charge in [-0.25, -0.2) is 0 Å². The van der Waals surface area contributed by atoms with Crippen molar-refractivity contribution in [2.24, 2.45) is 11.8 Å². The lowest BCUT2D eigenvalue weighted by Gasteiger charge is -2.39. The fourth-order valence-electron chi connectivity index (χ4n) is 3.58. The van der Waals surface area contributed by atoms with Gasteiger partial charge in [-0.15, -0.1) is 6.58 Å². The maximum absolute atomic E-state index is 6.20. The molecule has 2 heterocycles. The van der Waals surface area contributed by atoms with Crippen LogP contribution in [0.15, 0.2) is 43.0 Å². The van der Waals surface area contributed by atoms with Gasteiger partial charge in [-0.2, -0.15) is 0 Å². The molecule has 4 heteroatoms. The van der Waals surface area contributed by atoms with Gasteiger partial charge in [0.25, 0.3) is 0 Å². The van der Waals surface area contributed by atoms with Crippen molar-refractivity contribution >= 4 is 0 Å². The Morgan fingerprint density at radius 3 is 2.67 bits per heavy atom. The topological polar surface area (TPSA) is 36.9 Å². The molecular weight excluding hydrogens is 304 g/mol. The van der Waals surface area contributed by atoms with Crippen LogP contribution in [0.1, 0.15) is 32.8 Å². The largest absolute Gasteiger partial charge is 0.349 e. The smallest absolute Gasteiger partial charge is 0.186 e. The van der Waals surface area contributed by atoms with E-state index in [9.17, 15) is 0 Å². The molecule has 0 N–H and O–H groups in total. The Kier molecular flexibility index (Phi) is 5.40. The lowest BCUT2D eigenvalue weighted by Crippen LogP contribution is -2.51. The first-order chi connectivity index (χ1) is 11.5. The van der Waals surface area contributed by atoms with Crippen LogP contribution in [0.5, 0.6) is 0 Å². The molecule has 0 saturated carbocycles. The molecule has 2 unspecified atom stereocenters. The highest BCUT2D eigenvalue weighted by molar-refractivity contribution is 5.13. The highest BCUT2D eigenvalue weighted by Gasteiger charge is 2.53. The van der Waals surface area contributed by atoms with E-state index in [4.69, 9.17) is 18.9 Å². The van der Waals surface area contributed by atoms with Gasteiger partial charge in [-0.1, -0.05) is 43.3 Å². The fourth-order valence-corrected chi connectivity index (χ4v) is 3.58. The number of rotatable bonds is 6. The lowest BCUT2D eigenvalue weighted by molar-refractivity contribution is -0.247. The highest BCUT2D eigenvalue weighted by atomic mass is 16.8. The quantitative estimate of drug-likeness (QED) is 0.740. The molecule has 0 radical (unpaired) electrons. The molecule has 0 amide bonds. The van der Waals surface area contributed by atoms with E-state index in [1.165, 1.54) is 0 Å². The lowest BCUT2D eigenvalue weighted by atomic mass is 9.83. The summed E-state index contributed by atoms with van der Waals surface area (Å²) in [6.45, 7) is 11.1. The van der Waals surface area contributed by atoms with Crippen LogP contribution in [0.2, 0.25) is 0 Å². The molecule has 2 aliphatic rings. The van der Waals surface area contributed by atoms with Crippen molar-refractivity contribution in [3.05, 3.63) is 48.6 Å². The van der Waals surface area contributed by atoms with Gasteiger partial charge < -0.3 is 18.9 Å². The number of allylic oxidation sites excluding steroid dienone is 1. The fraction of sp³-hybridized carbons (Fsp3) is 0.600. The molecule has 2 fully saturated rings.